The van der Waals surface area contributed by atoms with Crippen molar-refractivity contribution in [3.8, 4) is 0 Å². The van der Waals surface area contributed by atoms with Crippen LogP contribution >= 0.6 is 20.6 Å². The summed E-state index contributed by atoms with van der Waals surface area (Å²) >= 11 is -6.20. The van der Waals surface area contributed by atoms with E-state index in [0.717, 1.165) is 0 Å². The van der Waals surface area contributed by atoms with Crippen LogP contribution in [0.15, 0.2) is 54.6 Å². The second-order valence-corrected chi connectivity index (χ2v) is 23.6. The molecule has 46 heteroatoms. The first-order valence-electron chi connectivity index (χ1n) is 14.7. The van der Waals surface area contributed by atoms with E-state index in [2.05, 4.69) is 6.13 Å². The Kier molecular flexibility index (Phi) is 30.8. The number of nitrogens with one attached hydrogen (secondary N) is 2. The minimum atomic E-state index is -6.60. The monoisotopic (exact) mass is 1430 g/mol. The van der Waals surface area contributed by atoms with Gasteiger partial charge < -0.3 is 0 Å². The van der Waals surface area contributed by atoms with Crippen molar-refractivity contribution in [2.45, 2.75) is 61.6 Å². The van der Waals surface area contributed by atoms with Gasteiger partial charge in [0.15, 0.2) is 3.57 Å². The van der Waals surface area contributed by atoms with Crippen molar-refractivity contribution in [3.05, 3.63) is 69.8 Å². The predicted molar refractivity (Wildman–Crippen MR) is 191 cm³/mol. The Bertz CT molecular complexity index is 2220. The van der Waals surface area contributed by atoms with E-state index in [-0.39, 0.29) is 20.7 Å². The summed E-state index contributed by atoms with van der Waals surface area (Å²) in [6.45, 7) is 0. The first-order chi connectivity index (χ1) is 30.4. The van der Waals surface area contributed by atoms with Crippen LogP contribution in [0.4, 0.5) is 114 Å². The zero-order valence-electron chi connectivity index (χ0n) is 31.2. The molecule has 0 saturated heterocycles. The minimum absolute atomic E-state index is 0. The maximum atomic E-state index is 12.4. The molecular weight excluding hydrogens is 1410 g/mol. The molecule has 0 fully saturated rings. The molecule has 14 nitrogen and oxygen atoms in total. The van der Waals surface area contributed by atoms with Crippen molar-refractivity contribution in [1.82, 2.24) is 8.25 Å². The molecule has 2 rings (SSSR count). The molecule has 0 aromatic heterocycles. The van der Waals surface area contributed by atoms with Crippen LogP contribution in [0.3, 0.4) is 0 Å². The maximum absolute atomic E-state index is 12.4. The Labute approximate surface area is 404 Å². The first-order valence-corrected chi connectivity index (χ1v) is 26.5. The zero-order valence-corrected chi connectivity index (χ0v) is 38.8. The van der Waals surface area contributed by atoms with E-state index in [1.165, 1.54) is 36.4 Å². The molecule has 0 radical (unpaired) electrons. The van der Waals surface area contributed by atoms with Gasteiger partial charge in [-0.1, -0.05) is 41.3 Å². The predicted octanol–water partition coefficient (Wildman–Crippen LogP) is 6.39. The normalized spacial score (nSPS) is 13.2. The number of rotatable bonds is 9. The molecule has 0 amide bonds. The number of carbonyl (C=O) groups is 2. The van der Waals surface area contributed by atoms with E-state index < -0.39 is 164 Å². The van der Waals surface area contributed by atoms with Gasteiger partial charge in [-0.3, -0.25) is 0 Å². The topological polar surface area (TPSA) is 213 Å². The Morgan fingerprint density at radius 3 is 0.903 bits per heavy atom. The molecule has 2 aromatic rings. The molecule has 0 heterocycles. The Balaban J connectivity index is -0.000000265. The van der Waals surface area contributed by atoms with Gasteiger partial charge in [0.05, 0.1) is 0 Å². The minimum Gasteiger partial charge on any atom is -0.202 e. The zero-order chi connectivity index (χ0) is 56.8. The van der Waals surface area contributed by atoms with Crippen LogP contribution in [0.5, 0.6) is 0 Å². The van der Waals surface area contributed by atoms with Crippen molar-refractivity contribution < 1.29 is 185 Å². The molecule has 0 aliphatic rings. The van der Waals surface area contributed by atoms with Gasteiger partial charge in [-0.2, -0.15) is 65.9 Å². The van der Waals surface area contributed by atoms with Crippen LogP contribution in [-0.4, -0.2) is 101 Å². The van der Waals surface area contributed by atoms with Crippen molar-refractivity contribution in [2.24, 2.45) is 0 Å². The molecule has 0 spiro atoms. The fourth-order valence-electron chi connectivity index (χ4n) is 2.00. The number of benzene rings is 2. The number of carbonyl (C=O) groups excluding carboxylic acids is 2. The van der Waals surface area contributed by atoms with E-state index in [1.54, 1.807) is 18.2 Å². The van der Waals surface area contributed by atoms with Gasteiger partial charge in [-0.15, -0.1) is 0 Å². The molecule has 0 aliphatic heterocycles. The Hall–Kier alpha value is -3.26. The number of hydrogen-bond donors (Lipinski definition) is 2. The third-order valence-corrected chi connectivity index (χ3v) is 16.7. The number of halogens is 28. The molecule has 2 N–H and O–H groups in total. The van der Waals surface area contributed by atoms with Gasteiger partial charge in [0, 0.05) is 0 Å². The van der Waals surface area contributed by atoms with Crippen LogP contribution < -0.4 is 29.5 Å². The summed E-state index contributed by atoms with van der Waals surface area (Å²) in [4.78, 5) is 20.5. The number of sulfonamides is 4. The first kappa shape index (κ1) is 77.6. The summed E-state index contributed by atoms with van der Waals surface area (Å²) < 4.78 is 386. The second-order valence-electron chi connectivity index (χ2n) is 10.3. The van der Waals surface area contributed by atoms with Crippen molar-refractivity contribution in [1.29, 1.82) is 0 Å². The Morgan fingerprint density at radius 2 is 0.708 bits per heavy atom. The molecular formula is C26H23F26I2N2O12S4+. The quantitative estimate of drug-likeness (QED) is 0.159. The van der Waals surface area contributed by atoms with E-state index in [9.17, 15) is 157 Å². The Morgan fingerprint density at radius 1 is 0.444 bits per heavy atom. The summed E-state index contributed by atoms with van der Waals surface area (Å²) in [6.07, 6.45) is -20.8. The van der Waals surface area contributed by atoms with Gasteiger partial charge in [-0.25, -0.2) is 42.5 Å². The number of alkyl halides is 26. The fraction of sp³-hybridized carbons (Fsp3) is 0.462. The van der Waals surface area contributed by atoms with Gasteiger partial charge in [-0.05, 0) is 36.4 Å². The summed E-state index contributed by atoms with van der Waals surface area (Å²) in [5.41, 5.74) is -24.6. The largest absolute Gasteiger partial charge is 0.512 e. The molecule has 0 aliphatic carbocycles. The third-order valence-electron chi connectivity index (χ3n) is 4.60. The van der Waals surface area contributed by atoms with E-state index in [1.807, 2.05) is 0 Å². The summed E-state index contributed by atoms with van der Waals surface area (Å²) in [5, 5.41) is 0. The van der Waals surface area contributed by atoms with Crippen molar-refractivity contribution in [3.63, 3.8) is 0 Å². The molecule has 0 unspecified atom stereocenters. The third kappa shape index (κ3) is 32.8. The summed E-state index contributed by atoms with van der Waals surface area (Å²) in [5.74, 6) is -6.92. The van der Waals surface area contributed by atoms with Crippen LogP contribution in [0, 0.1) is 15.2 Å². The molecule has 72 heavy (non-hydrogen) atoms. The smallest absolute Gasteiger partial charge is 0.202 e. The standard InChI is InChI=1S/C8H6F4I.C6H2F9IO4.C6H5F.2C2HF6NO4S2.2CH4/c9-6-1-3-7(4-2-6)13-5-8(10,11)12;7-4(8,9)1-16(19-2(17)5(10,11)12)20-3(18)6(13,14)15;7-6-4-2-1-3-5-6;2*3-1(4,5)14(10,11)9-15(12,13)2(6,7)8;;/h1-4H,5H2;1H2;1-5H;2*9H;2*1H4/q+1;;;;;;. The van der Waals surface area contributed by atoms with Gasteiger partial charge in [0.25, 0.3) is 0 Å². The van der Waals surface area contributed by atoms with Gasteiger partial charge >= 0.3 is 200 Å². The van der Waals surface area contributed by atoms with E-state index >= 15 is 0 Å². The molecule has 0 atom stereocenters. The van der Waals surface area contributed by atoms with Crippen molar-refractivity contribution >= 4 is 72.7 Å². The fourth-order valence-corrected chi connectivity index (χ4v) is 10.1. The summed E-state index contributed by atoms with van der Waals surface area (Å²) in [6, 6.07) is 13.1. The van der Waals surface area contributed by atoms with Crippen LogP contribution in [0.2, 0.25) is 0 Å². The average molecular weight is 1430 g/mol. The van der Waals surface area contributed by atoms with E-state index in [4.69, 9.17) is 0 Å². The number of hydrogen-bond acceptors (Lipinski definition) is 12. The van der Waals surface area contributed by atoms with Crippen LogP contribution in [-0.2, 0) is 55.8 Å². The van der Waals surface area contributed by atoms with E-state index in [0.29, 0.717) is 3.57 Å². The molecule has 2 aromatic carbocycles. The van der Waals surface area contributed by atoms with Gasteiger partial charge in [0.1, 0.15) is 11.6 Å². The summed E-state index contributed by atoms with van der Waals surface area (Å²) in [7, 11) is -26.4. The molecule has 0 saturated carbocycles. The maximum Gasteiger partial charge on any atom is 0.512 e. The molecule has 428 valence electrons. The average Bonchev–Trinajstić information content (AvgIpc) is 3.08. The van der Waals surface area contributed by atoms with Crippen molar-refractivity contribution in [2.75, 3.05) is 8.86 Å². The van der Waals surface area contributed by atoms with Crippen LogP contribution in [0.1, 0.15) is 14.9 Å². The second kappa shape index (κ2) is 28.6. The van der Waals surface area contributed by atoms with Crippen LogP contribution in [0.25, 0.3) is 0 Å². The van der Waals surface area contributed by atoms with Gasteiger partial charge in [0.2, 0.25) is 4.43 Å². The SMILES string of the molecule is C.C.Fc1ccc([I+]CC(F)(F)F)cc1.Fc1ccccc1.O=C(OI(CC(F)(F)F)OC(=O)C(F)(F)F)C(F)(F)F.O=S(=O)(NS(=O)(=O)C(F)(F)F)C(F)(F)F.O=S(=O)(NS(=O)(=O)C(F)(F)F)C(F)(F)F. The molecule has 0 bridgehead atoms.